The lowest BCUT2D eigenvalue weighted by atomic mass is 10.2. The van der Waals surface area contributed by atoms with Crippen molar-refractivity contribution in [2.45, 2.75) is 33.1 Å². The number of hydrogen-bond donors (Lipinski definition) is 0. The summed E-state index contributed by atoms with van der Waals surface area (Å²) in [6.45, 7) is 4.81. The Morgan fingerprint density at radius 2 is 1.96 bits per heavy atom. The van der Waals surface area contributed by atoms with E-state index in [9.17, 15) is 9.59 Å². The molecule has 5 heteroatoms. The van der Waals surface area contributed by atoms with E-state index in [4.69, 9.17) is 0 Å². The molecule has 3 nitrogen and oxygen atoms in total. The first-order valence-electron chi connectivity index (χ1n) is 8.39. The van der Waals surface area contributed by atoms with E-state index in [2.05, 4.69) is 11.0 Å². The molecule has 0 saturated carbocycles. The first-order valence-corrected chi connectivity index (χ1v) is 10.2. The summed E-state index contributed by atoms with van der Waals surface area (Å²) in [4.78, 5) is 25.6. The van der Waals surface area contributed by atoms with Crippen molar-refractivity contribution < 1.29 is 4.79 Å². The molecular formula is C19H25NO2S2. The fourth-order valence-electron chi connectivity index (χ4n) is 2.50. The van der Waals surface area contributed by atoms with Crippen molar-refractivity contribution in [1.82, 2.24) is 0 Å². The van der Waals surface area contributed by atoms with Gasteiger partial charge in [0.05, 0.1) is 0 Å². The highest BCUT2D eigenvalue weighted by atomic mass is 32.2. The second-order valence-corrected chi connectivity index (χ2v) is 8.40. The summed E-state index contributed by atoms with van der Waals surface area (Å²) in [7, 11) is 2.04. The summed E-state index contributed by atoms with van der Waals surface area (Å²) in [6, 6.07) is 9.80. The van der Waals surface area contributed by atoms with Crippen molar-refractivity contribution in [3.05, 3.63) is 39.9 Å². The third-order valence-electron chi connectivity index (χ3n) is 3.89. The van der Waals surface area contributed by atoms with Crippen molar-refractivity contribution >= 4 is 44.0 Å². The molecule has 24 heavy (non-hydrogen) atoms. The summed E-state index contributed by atoms with van der Waals surface area (Å²) in [5, 5.41) is 1.43. The predicted molar refractivity (Wildman–Crippen MR) is 108 cm³/mol. The minimum absolute atomic E-state index is 0.0964. The largest absolute Gasteiger partial charge is 0.374 e. The van der Waals surface area contributed by atoms with Gasteiger partial charge in [0, 0.05) is 47.1 Å². The lowest BCUT2D eigenvalue weighted by Crippen LogP contribution is -2.20. The minimum Gasteiger partial charge on any atom is -0.374 e. The Balaban J connectivity index is 1.84. The van der Waals surface area contributed by atoms with E-state index in [0.717, 1.165) is 47.3 Å². The van der Waals surface area contributed by atoms with Crippen LogP contribution in [0.4, 0.5) is 5.69 Å². The third-order valence-corrected chi connectivity index (χ3v) is 6.04. The second kappa shape index (κ2) is 9.23. The van der Waals surface area contributed by atoms with Crippen LogP contribution in [0.5, 0.6) is 0 Å². The Labute approximate surface area is 152 Å². The van der Waals surface area contributed by atoms with E-state index in [0.29, 0.717) is 0 Å². The maximum Gasteiger partial charge on any atom is 0.234 e. The molecule has 0 aliphatic heterocycles. The van der Waals surface area contributed by atoms with Crippen LogP contribution in [0.1, 0.15) is 33.1 Å². The quantitative estimate of drug-likeness (QED) is 0.632. The smallest absolute Gasteiger partial charge is 0.234 e. The van der Waals surface area contributed by atoms with Crippen molar-refractivity contribution in [2.75, 3.05) is 24.2 Å². The van der Waals surface area contributed by atoms with Gasteiger partial charge in [-0.3, -0.25) is 9.59 Å². The molecule has 0 radical (unpaired) electrons. The van der Waals surface area contributed by atoms with Gasteiger partial charge in [0.25, 0.3) is 0 Å². The van der Waals surface area contributed by atoms with Crippen LogP contribution < -0.4 is 9.64 Å². The first-order chi connectivity index (χ1) is 11.5. The van der Waals surface area contributed by atoms with Gasteiger partial charge >= 0.3 is 0 Å². The van der Waals surface area contributed by atoms with Crippen LogP contribution in [-0.4, -0.2) is 24.5 Å². The summed E-state index contributed by atoms with van der Waals surface area (Å²) in [6.07, 6.45) is 3.22. The number of carbonyl (C=O) groups excluding carboxylic acids is 1. The van der Waals surface area contributed by atoms with Gasteiger partial charge in [-0.1, -0.05) is 61.6 Å². The highest BCUT2D eigenvalue weighted by Crippen LogP contribution is 2.26. The van der Waals surface area contributed by atoms with Crippen LogP contribution in [-0.2, 0) is 4.79 Å². The normalized spacial score (nSPS) is 11.2. The number of hydrogen-bond acceptors (Lipinski definition) is 5. The molecule has 0 atom stereocenters. The number of anilines is 1. The fourth-order valence-corrected chi connectivity index (χ4v) is 4.20. The number of benzene rings is 1. The maximum absolute atomic E-state index is 11.9. The van der Waals surface area contributed by atoms with Crippen molar-refractivity contribution in [1.29, 1.82) is 0 Å². The minimum atomic E-state index is 0.0964. The average molecular weight is 364 g/mol. The van der Waals surface area contributed by atoms with Crippen LogP contribution in [0, 0.1) is 5.92 Å². The Kier molecular flexibility index (Phi) is 7.31. The molecule has 0 aliphatic carbocycles. The molecule has 0 aliphatic rings. The van der Waals surface area contributed by atoms with Crippen LogP contribution in [0.2, 0.25) is 0 Å². The number of fused-ring (bicyclic) bond motifs is 1. The van der Waals surface area contributed by atoms with E-state index in [1.807, 2.05) is 39.1 Å². The monoisotopic (exact) mass is 363 g/mol. The SMILES string of the molecule is CC(C)C(=O)SCCCCCN(C)c1cc(=O)sc2ccccc12. The lowest BCUT2D eigenvalue weighted by molar-refractivity contribution is -0.113. The van der Waals surface area contributed by atoms with E-state index < -0.39 is 0 Å². The van der Waals surface area contributed by atoms with E-state index in [1.54, 1.807) is 6.07 Å². The number of carbonyl (C=O) groups is 1. The maximum atomic E-state index is 11.9. The Morgan fingerprint density at radius 3 is 2.71 bits per heavy atom. The standard InChI is InChI=1S/C19H25NO2S2/c1-14(2)19(22)23-12-8-4-7-11-20(3)16-13-18(21)24-17-10-6-5-9-15(16)17/h5-6,9-10,13-14H,4,7-8,11-12H2,1-3H3. The summed E-state index contributed by atoms with van der Waals surface area (Å²) >= 11 is 2.75. The number of rotatable bonds is 8. The van der Waals surface area contributed by atoms with Gasteiger partial charge in [-0.25, -0.2) is 0 Å². The summed E-state index contributed by atoms with van der Waals surface area (Å²) in [5.74, 6) is 1.02. The first kappa shape index (κ1) is 19.0. The van der Waals surface area contributed by atoms with Gasteiger partial charge in [0.15, 0.2) is 5.12 Å². The predicted octanol–water partition coefficient (Wildman–Crippen LogP) is 4.78. The molecular weight excluding hydrogens is 338 g/mol. The van der Waals surface area contributed by atoms with Crippen molar-refractivity contribution in [3.63, 3.8) is 0 Å². The van der Waals surface area contributed by atoms with Gasteiger partial charge in [-0.05, 0) is 18.9 Å². The molecule has 2 aromatic rings. The third kappa shape index (κ3) is 5.35. The molecule has 0 spiro atoms. The number of thioether (sulfide) groups is 1. The molecule has 1 heterocycles. The zero-order chi connectivity index (χ0) is 17.5. The fraction of sp³-hybridized carbons (Fsp3) is 0.474. The molecule has 1 aromatic carbocycles. The number of unbranched alkanes of at least 4 members (excludes halogenated alkanes) is 2. The van der Waals surface area contributed by atoms with Crippen LogP contribution in [0.3, 0.4) is 0 Å². The van der Waals surface area contributed by atoms with Crippen molar-refractivity contribution in [3.8, 4) is 0 Å². The van der Waals surface area contributed by atoms with Gasteiger partial charge in [0.1, 0.15) is 0 Å². The van der Waals surface area contributed by atoms with Crippen LogP contribution >= 0.6 is 23.1 Å². The molecule has 0 unspecified atom stereocenters. The zero-order valence-electron chi connectivity index (χ0n) is 14.6. The molecule has 0 bridgehead atoms. The van der Waals surface area contributed by atoms with E-state index in [1.165, 1.54) is 23.1 Å². The molecule has 1 aromatic heterocycles. The molecule has 0 amide bonds. The second-order valence-electron chi connectivity index (χ2n) is 6.25. The van der Waals surface area contributed by atoms with Crippen LogP contribution in [0.15, 0.2) is 35.1 Å². The molecule has 0 fully saturated rings. The highest BCUT2D eigenvalue weighted by molar-refractivity contribution is 8.13. The summed E-state index contributed by atoms with van der Waals surface area (Å²) < 4.78 is 1.13. The number of nitrogens with zero attached hydrogens (tertiary/aromatic N) is 1. The molecule has 0 saturated heterocycles. The zero-order valence-corrected chi connectivity index (χ0v) is 16.2. The van der Waals surface area contributed by atoms with Crippen LogP contribution in [0.25, 0.3) is 10.1 Å². The molecule has 2 rings (SSSR count). The van der Waals surface area contributed by atoms with Gasteiger partial charge in [-0.2, -0.15) is 0 Å². The van der Waals surface area contributed by atoms with Gasteiger partial charge < -0.3 is 4.90 Å². The van der Waals surface area contributed by atoms with Gasteiger partial charge in [-0.15, -0.1) is 0 Å². The Morgan fingerprint density at radius 1 is 1.21 bits per heavy atom. The highest BCUT2D eigenvalue weighted by Gasteiger charge is 2.09. The summed E-state index contributed by atoms with van der Waals surface area (Å²) in [5.41, 5.74) is 1.01. The van der Waals surface area contributed by atoms with E-state index in [-0.39, 0.29) is 15.8 Å². The molecule has 0 N–H and O–H groups in total. The molecule has 130 valence electrons. The van der Waals surface area contributed by atoms with E-state index >= 15 is 0 Å². The lowest BCUT2D eigenvalue weighted by Gasteiger charge is -2.20. The Hall–Kier alpha value is -1.33. The average Bonchev–Trinajstić information content (AvgIpc) is 2.56. The van der Waals surface area contributed by atoms with Gasteiger partial charge in [0.2, 0.25) is 4.74 Å². The Bertz CT molecular complexity index is 739. The van der Waals surface area contributed by atoms with Crippen molar-refractivity contribution in [2.24, 2.45) is 5.92 Å². The topological polar surface area (TPSA) is 37.4 Å².